The molecule has 2 rings (SSSR count). The first kappa shape index (κ1) is 7.16. The summed E-state index contributed by atoms with van der Waals surface area (Å²) < 4.78 is 1.63. The van der Waals surface area contributed by atoms with Gasteiger partial charge < -0.3 is 5.84 Å². The molecule has 0 aliphatic rings. The standard InChI is InChI=1S/C9H11N3/c1-2-7-6-12(10)9-5-11-4-3-8(7)9/h3-6H,2,10H2,1H3. The SMILES string of the molecule is CCc1cn(N)c2cnccc12. The molecule has 62 valence electrons. The van der Waals surface area contributed by atoms with Gasteiger partial charge in [-0.25, -0.2) is 0 Å². The predicted octanol–water partition coefficient (Wildman–Crippen LogP) is 1.31. The molecule has 0 aromatic carbocycles. The highest BCUT2D eigenvalue weighted by atomic mass is 15.3. The Morgan fingerprint density at radius 1 is 1.58 bits per heavy atom. The molecule has 3 nitrogen and oxygen atoms in total. The number of hydrogen-bond acceptors (Lipinski definition) is 2. The lowest BCUT2D eigenvalue weighted by Gasteiger charge is -1.92. The number of hydrogen-bond donors (Lipinski definition) is 1. The first-order valence-electron chi connectivity index (χ1n) is 4.02. The summed E-state index contributed by atoms with van der Waals surface area (Å²) in [6.07, 6.45) is 6.53. The van der Waals surface area contributed by atoms with Gasteiger partial charge in [0.05, 0.1) is 11.7 Å². The normalized spacial score (nSPS) is 10.8. The molecule has 2 aromatic heterocycles. The van der Waals surface area contributed by atoms with E-state index in [2.05, 4.69) is 11.9 Å². The third-order valence-electron chi connectivity index (χ3n) is 2.10. The molecule has 2 N–H and O–H groups in total. The lowest BCUT2D eigenvalue weighted by atomic mass is 10.2. The number of aryl methyl sites for hydroxylation is 1. The van der Waals surface area contributed by atoms with Gasteiger partial charge >= 0.3 is 0 Å². The van der Waals surface area contributed by atoms with Gasteiger partial charge in [0.2, 0.25) is 0 Å². The molecule has 0 aliphatic heterocycles. The highest BCUT2D eigenvalue weighted by Gasteiger charge is 2.03. The van der Waals surface area contributed by atoms with Gasteiger partial charge in [0.1, 0.15) is 0 Å². The average Bonchev–Trinajstić information content (AvgIpc) is 2.44. The van der Waals surface area contributed by atoms with Crippen LogP contribution in [0.4, 0.5) is 0 Å². The molecule has 0 atom stereocenters. The second kappa shape index (κ2) is 2.52. The second-order valence-electron chi connectivity index (χ2n) is 2.81. The van der Waals surface area contributed by atoms with E-state index in [0.717, 1.165) is 11.9 Å². The maximum Gasteiger partial charge on any atom is 0.0876 e. The van der Waals surface area contributed by atoms with Gasteiger partial charge in [0, 0.05) is 17.8 Å². The number of nitrogen functional groups attached to an aromatic ring is 1. The number of pyridine rings is 1. The zero-order valence-electron chi connectivity index (χ0n) is 6.99. The minimum absolute atomic E-state index is 0.995. The monoisotopic (exact) mass is 161 g/mol. The van der Waals surface area contributed by atoms with Crippen LogP contribution in [0.3, 0.4) is 0 Å². The summed E-state index contributed by atoms with van der Waals surface area (Å²) in [6, 6.07) is 2.00. The summed E-state index contributed by atoms with van der Waals surface area (Å²) >= 11 is 0. The Bertz CT molecular complexity index is 403. The van der Waals surface area contributed by atoms with Crippen molar-refractivity contribution in [1.82, 2.24) is 9.66 Å². The Morgan fingerprint density at radius 2 is 2.42 bits per heavy atom. The molecule has 3 heteroatoms. The Morgan fingerprint density at radius 3 is 3.17 bits per heavy atom. The number of nitrogens with two attached hydrogens (primary N) is 1. The third-order valence-corrected chi connectivity index (χ3v) is 2.10. The van der Waals surface area contributed by atoms with Crippen molar-refractivity contribution in [2.24, 2.45) is 0 Å². The summed E-state index contributed by atoms with van der Waals surface area (Å²) in [7, 11) is 0. The molecule has 0 saturated heterocycles. The fraction of sp³-hybridized carbons (Fsp3) is 0.222. The van der Waals surface area contributed by atoms with Crippen molar-refractivity contribution in [3.8, 4) is 0 Å². The van der Waals surface area contributed by atoms with Crippen LogP contribution >= 0.6 is 0 Å². The molecule has 0 fully saturated rings. The molecule has 0 bridgehead atoms. The molecule has 0 amide bonds. The van der Waals surface area contributed by atoms with Crippen LogP contribution < -0.4 is 5.84 Å². The van der Waals surface area contributed by atoms with Gasteiger partial charge in [0.15, 0.2) is 0 Å². The summed E-state index contributed by atoms with van der Waals surface area (Å²) in [4.78, 5) is 4.02. The lowest BCUT2D eigenvalue weighted by molar-refractivity contribution is 1.03. The molecule has 2 heterocycles. The first-order valence-corrected chi connectivity index (χ1v) is 4.02. The van der Waals surface area contributed by atoms with Crippen molar-refractivity contribution in [2.75, 3.05) is 5.84 Å². The minimum Gasteiger partial charge on any atom is -0.339 e. The summed E-state index contributed by atoms with van der Waals surface area (Å²) in [6.45, 7) is 2.12. The summed E-state index contributed by atoms with van der Waals surface area (Å²) in [5, 5.41) is 1.20. The van der Waals surface area contributed by atoms with Crippen LogP contribution in [0.1, 0.15) is 12.5 Å². The Kier molecular flexibility index (Phi) is 1.50. The van der Waals surface area contributed by atoms with Gasteiger partial charge in [-0.3, -0.25) is 9.66 Å². The van der Waals surface area contributed by atoms with Gasteiger partial charge in [-0.1, -0.05) is 6.92 Å². The number of nitrogens with zero attached hydrogens (tertiary/aromatic N) is 2. The van der Waals surface area contributed by atoms with Gasteiger partial charge in [-0.15, -0.1) is 0 Å². The van der Waals surface area contributed by atoms with Crippen LogP contribution in [-0.2, 0) is 6.42 Å². The molecule has 0 unspecified atom stereocenters. The Hall–Kier alpha value is -1.51. The summed E-state index contributed by atoms with van der Waals surface area (Å²) in [5.74, 6) is 5.73. The largest absolute Gasteiger partial charge is 0.339 e. The minimum atomic E-state index is 0.995. The van der Waals surface area contributed by atoms with E-state index in [4.69, 9.17) is 5.84 Å². The van der Waals surface area contributed by atoms with Gasteiger partial charge in [0.25, 0.3) is 0 Å². The van der Waals surface area contributed by atoms with Crippen LogP contribution in [0, 0.1) is 0 Å². The van der Waals surface area contributed by atoms with E-state index < -0.39 is 0 Å². The van der Waals surface area contributed by atoms with Crippen LogP contribution in [0.2, 0.25) is 0 Å². The van der Waals surface area contributed by atoms with Crippen molar-refractivity contribution >= 4 is 10.9 Å². The zero-order valence-corrected chi connectivity index (χ0v) is 6.99. The zero-order chi connectivity index (χ0) is 8.55. The van der Waals surface area contributed by atoms with E-state index in [1.807, 2.05) is 12.3 Å². The Balaban J connectivity index is 2.82. The van der Waals surface area contributed by atoms with E-state index in [9.17, 15) is 0 Å². The molecule has 0 spiro atoms. The number of fused-ring (bicyclic) bond motifs is 1. The predicted molar refractivity (Wildman–Crippen MR) is 49.3 cm³/mol. The molecular formula is C9H11N3. The lowest BCUT2D eigenvalue weighted by Crippen LogP contribution is -2.05. The molecular weight excluding hydrogens is 150 g/mol. The van der Waals surface area contributed by atoms with E-state index in [1.54, 1.807) is 17.1 Å². The molecule has 12 heavy (non-hydrogen) atoms. The van der Waals surface area contributed by atoms with E-state index in [1.165, 1.54) is 10.9 Å². The van der Waals surface area contributed by atoms with Crippen molar-refractivity contribution in [3.05, 3.63) is 30.2 Å². The third kappa shape index (κ3) is 0.863. The molecule has 2 aromatic rings. The second-order valence-corrected chi connectivity index (χ2v) is 2.81. The van der Waals surface area contributed by atoms with Crippen molar-refractivity contribution in [3.63, 3.8) is 0 Å². The van der Waals surface area contributed by atoms with Crippen LogP contribution in [0.25, 0.3) is 10.9 Å². The van der Waals surface area contributed by atoms with E-state index in [0.29, 0.717) is 0 Å². The molecule has 0 saturated carbocycles. The van der Waals surface area contributed by atoms with E-state index in [-0.39, 0.29) is 0 Å². The fourth-order valence-electron chi connectivity index (χ4n) is 1.45. The maximum atomic E-state index is 5.73. The van der Waals surface area contributed by atoms with E-state index >= 15 is 0 Å². The van der Waals surface area contributed by atoms with Crippen molar-refractivity contribution in [2.45, 2.75) is 13.3 Å². The van der Waals surface area contributed by atoms with Crippen LogP contribution in [-0.4, -0.2) is 9.66 Å². The highest BCUT2D eigenvalue weighted by Crippen LogP contribution is 2.18. The molecule has 0 aliphatic carbocycles. The van der Waals surface area contributed by atoms with Gasteiger partial charge in [-0.2, -0.15) is 0 Å². The average molecular weight is 161 g/mol. The smallest absolute Gasteiger partial charge is 0.0876 e. The van der Waals surface area contributed by atoms with Crippen LogP contribution in [0.15, 0.2) is 24.7 Å². The van der Waals surface area contributed by atoms with Gasteiger partial charge in [-0.05, 0) is 18.1 Å². The number of aromatic nitrogens is 2. The molecule has 0 radical (unpaired) electrons. The topological polar surface area (TPSA) is 43.8 Å². The first-order chi connectivity index (χ1) is 5.83. The summed E-state index contributed by atoms with van der Waals surface area (Å²) in [5.41, 5.74) is 2.27. The number of rotatable bonds is 1. The quantitative estimate of drug-likeness (QED) is 0.641. The Labute approximate surface area is 70.8 Å². The van der Waals surface area contributed by atoms with Crippen LogP contribution in [0.5, 0.6) is 0 Å². The van der Waals surface area contributed by atoms with Crippen molar-refractivity contribution in [1.29, 1.82) is 0 Å². The maximum absolute atomic E-state index is 5.73. The van der Waals surface area contributed by atoms with Crippen molar-refractivity contribution < 1.29 is 0 Å². The highest BCUT2D eigenvalue weighted by molar-refractivity contribution is 5.83. The fourth-order valence-corrected chi connectivity index (χ4v) is 1.45.